The number of carbonyl (C=O) groups is 2. The highest BCUT2D eigenvalue weighted by atomic mass is 16.4. The SMILES string of the molecule is O=C(O)C1N=NC(C(=O)O)N=N1. The second-order valence-corrected chi connectivity index (χ2v) is 1.89. The van der Waals surface area contributed by atoms with Gasteiger partial charge in [-0.25, -0.2) is 9.59 Å². The van der Waals surface area contributed by atoms with Crippen LogP contribution in [-0.2, 0) is 9.59 Å². The van der Waals surface area contributed by atoms with Gasteiger partial charge in [-0.05, 0) is 0 Å². The Hall–Kier alpha value is -1.86. The molecule has 0 amide bonds. The molecule has 0 aromatic heterocycles. The van der Waals surface area contributed by atoms with E-state index in [9.17, 15) is 9.59 Å². The summed E-state index contributed by atoms with van der Waals surface area (Å²) >= 11 is 0. The zero-order valence-corrected chi connectivity index (χ0v) is 5.65. The van der Waals surface area contributed by atoms with Crippen LogP contribution in [0.4, 0.5) is 0 Å². The summed E-state index contributed by atoms with van der Waals surface area (Å²) in [5, 5.41) is 29.1. The van der Waals surface area contributed by atoms with E-state index in [1.165, 1.54) is 0 Å². The second-order valence-electron chi connectivity index (χ2n) is 1.89. The predicted molar refractivity (Wildman–Crippen MR) is 32.6 cm³/mol. The Balaban J connectivity index is 2.66. The predicted octanol–water partition coefficient (Wildman–Crippen LogP) is -0.274. The van der Waals surface area contributed by atoms with Gasteiger partial charge in [0.25, 0.3) is 12.3 Å². The van der Waals surface area contributed by atoms with Crippen molar-refractivity contribution in [1.29, 1.82) is 0 Å². The lowest BCUT2D eigenvalue weighted by Gasteiger charge is -2.06. The van der Waals surface area contributed by atoms with E-state index in [0.29, 0.717) is 0 Å². The summed E-state index contributed by atoms with van der Waals surface area (Å²) in [6, 6.07) is 0. The molecule has 0 atom stereocenters. The maximum absolute atomic E-state index is 10.2. The molecule has 1 rings (SSSR count). The highest BCUT2D eigenvalue weighted by molar-refractivity contribution is 5.75. The van der Waals surface area contributed by atoms with E-state index in [-0.39, 0.29) is 0 Å². The zero-order valence-electron chi connectivity index (χ0n) is 5.65. The van der Waals surface area contributed by atoms with Crippen LogP contribution >= 0.6 is 0 Å². The summed E-state index contributed by atoms with van der Waals surface area (Å²) in [5.74, 6) is -2.63. The summed E-state index contributed by atoms with van der Waals surface area (Å²) in [4.78, 5) is 20.4. The van der Waals surface area contributed by atoms with Crippen molar-refractivity contribution in [2.24, 2.45) is 20.5 Å². The van der Waals surface area contributed by atoms with E-state index in [4.69, 9.17) is 10.2 Å². The first-order chi connectivity index (χ1) is 5.61. The standard InChI is InChI=1S/C4H4N4O4/c9-3(10)1-5-7-2(4(11)12)8-6-1/h1-2H,(H,9,10)(H,11,12). The van der Waals surface area contributed by atoms with Crippen molar-refractivity contribution in [3.8, 4) is 0 Å². The minimum Gasteiger partial charge on any atom is -0.478 e. The normalized spacial score (nSPS) is 27.0. The number of azo groups is 2. The first-order valence-corrected chi connectivity index (χ1v) is 2.87. The van der Waals surface area contributed by atoms with Gasteiger partial charge in [0, 0.05) is 0 Å². The van der Waals surface area contributed by atoms with Gasteiger partial charge in [-0.1, -0.05) is 0 Å². The molecule has 0 bridgehead atoms. The molecule has 0 fully saturated rings. The minimum absolute atomic E-state index is 1.31. The van der Waals surface area contributed by atoms with Crippen LogP contribution in [0, 0.1) is 0 Å². The molecule has 0 spiro atoms. The number of hydrogen-bond acceptors (Lipinski definition) is 6. The molecule has 0 radical (unpaired) electrons. The highest BCUT2D eigenvalue weighted by Crippen LogP contribution is 2.08. The van der Waals surface area contributed by atoms with Crippen molar-refractivity contribution >= 4 is 11.9 Å². The molecule has 0 saturated carbocycles. The number of carboxylic acids is 2. The Morgan fingerprint density at radius 2 is 1.08 bits per heavy atom. The Kier molecular flexibility index (Phi) is 2.08. The van der Waals surface area contributed by atoms with Gasteiger partial charge in [-0.15, -0.1) is 20.5 Å². The van der Waals surface area contributed by atoms with Gasteiger partial charge in [0.05, 0.1) is 0 Å². The van der Waals surface area contributed by atoms with Crippen LogP contribution in [0.1, 0.15) is 0 Å². The molecule has 1 aliphatic rings. The van der Waals surface area contributed by atoms with E-state index in [1.54, 1.807) is 0 Å². The summed E-state index contributed by atoms with van der Waals surface area (Å²) in [5.41, 5.74) is 0. The van der Waals surface area contributed by atoms with E-state index >= 15 is 0 Å². The van der Waals surface area contributed by atoms with E-state index in [1.807, 2.05) is 0 Å². The van der Waals surface area contributed by atoms with Crippen LogP contribution < -0.4 is 0 Å². The van der Waals surface area contributed by atoms with Gasteiger partial charge in [0.15, 0.2) is 0 Å². The quantitative estimate of drug-likeness (QED) is 0.594. The minimum atomic E-state index is -1.40. The third-order valence-corrected chi connectivity index (χ3v) is 1.01. The van der Waals surface area contributed by atoms with E-state index in [0.717, 1.165) is 0 Å². The third kappa shape index (κ3) is 1.59. The first-order valence-electron chi connectivity index (χ1n) is 2.87. The second kappa shape index (κ2) is 3.03. The lowest BCUT2D eigenvalue weighted by molar-refractivity contribution is -0.141. The zero-order chi connectivity index (χ0) is 9.14. The molecule has 0 aromatic carbocycles. The molecule has 0 unspecified atom stereocenters. The number of aliphatic carboxylic acids is 2. The summed E-state index contributed by atoms with van der Waals surface area (Å²) < 4.78 is 0. The van der Waals surface area contributed by atoms with Crippen LogP contribution in [0.25, 0.3) is 0 Å². The summed E-state index contributed by atoms with van der Waals surface area (Å²) in [6.45, 7) is 0. The van der Waals surface area contributed by atoms with Gasteiger partial charge >= 0.3 is 11.9 Å². The Labute approximate surface area is 65.6 Å². The first kappa shape index (κ1) is 8.24. The van der Waals surface area contributed by atoms with E-state index < -0.39 is 24.3 Å². The maximum atomic E-state index is 10.2. The van der Waals surface area contributed by atoms with Crippen molar-refractivity contribution in [3.63, 3.8) is 0 Å². The average Bonchev–Trinajstić information content (AvgIpc) is 2.04. The highest BCUT2D eigenvalue weighted by Gasteiger charge is 2.24. The Morgan fingerprint density at radius 3 is 1.25 bits per heavy atom. The van der Waals surface area contributed by atoms with Crippen LogP contribution in [0.2, 0.25) is 0 Å². The average molecular weight is 172 g/mol. The molecule has 2 N–H and O–H groups in total. The molecule has 8 heteroatoms. The van der Waals surface area contributed by atoms with Crippen molar-refractivity contribution < 1.29 is 19.8 Å². The largest absolute Gasteiger partial charge is 0.478 e. The van der Waals surface area contributed by atoms with Crippen LogP contribution in [-0.4, -0.2) is 34.5 Å². The molecule has 12 heavy (non-hydrogen) atoms. The van der Waals surface area contributed by atoms with Gasteiger partial charge in [0.2, 0.25) is 0 Å². The van der Waals surface area contributed by atoms with Crippen molar-refractivity contribution in [2.45, 2.75) is 12.3 Å². The molecule has 64 valence electrons. The summed E-state index contributed by atoms with van der Waals surface area (Å²) in [7, 11) is 0. The molecule has 0 aliphatic carbocycles. The smallest absolute Gasteiger partial charge is 0.354 e. The molecule has 1 aliphatic heterocycles. The lowest BCUT2D eigenvalue weighted by Crippen LogP contribution is -2.22. The van der Waals surface area contributed by atoms with Gasteiger partial charge in [-0.3, -0.25) is 0 Å². The van der Waals surface area contributed by atoms with Crippen LogP contribution in [0.3, 0.4) is 0 Å². The van der Waals surface area contributed by atoms with E-state index in [2.05, 4.69) is 20.5 Å². The lowest BCUT2D eigenvalue weighted by atomic mass is 10.5. The Bertz CT molecular complexity index is 232. The van der Waals surface area contributed by atoms with Crippen LogP contribution in [0.5, 0.6) is 0 Å². The van der Waals surface area contributed by atoms with Gasteiger partial charge < -0.3 is 10.2 Å². The topological polar surface area (TPSA) is 124 Å². The third-order valence-electron chi connectivity index (χ3n) is 1.01. The van der Waals surface area contributed by atoms with Gasteiger partial charge in [-0.2, -0.15) is 0 Å². The molecule has 8 nitrogen and oxygen atoms in total. The summed E-state index contributed by atoms with van der Waals surface area (Å²) in [6.07, 6.45) is -2.80. The fraction of sp³-hybridized carbons (Fsp3) is 0.500. The maximum Gasteiger partial charge on any atom is 0.354 e. The van der Waals surface area contributed by atoms with Gasteiger partial charge in [0.1, 0.15) is 0 Å². The van der Waals surface area contributed by atoms with Crippen molar-refractivity contribution in [1.82, 2.24) is 0 Å². The fourth-order valence-corrected chi connectivity index (χ4v) is 0.496. The number of hydrogen-bond donors (Lipinski definition) is 2. The molecular weight excluding hydrogens is 168 g/mol. The molecular formula is C4H4N4O4. The number of nitrogens with zero attached hydrogens (tertiary/aromatic N) is 4. The molecule has 0 saturated heterocycles. The van der Waals surface area contributed by atoms with Crippen molar-refractivity contribution in [2.75, 3.05) is 0 Å². The van der Waals surface area contributed by atoms with Crippen LogP contribution in [0.15, 0.2) is 20.5 Å². The molecule has 1 heterocycles. The fourth-order valence-electron chi connectivity index (χ4n) is 0.496. The van der Waals surface area contributed by atoms with Crippen molar-refractivity contribution in [3.05, 3.63) is 0 Å². The number of rotatable bonds is 2. The monoisotopic (exact) mass is 172 g/mol. The Morgan fingerprint density at radius 1 is 0.833 bits per heavy atom. The molecule has 0 aromatic rings. The number of carboxylic acid groups (broad SMARTS) is 2.